The number of morpholine rings is 1. The fraction of sp³-hybridized carbons (Fsp3) is 0.538. The Morgan fingerprint density at radius 3 is 2.82 bits per heavy atom. The van der Waals surface area contributed by atoms with E-state index in [0.717, 1.165) is 43.9 Å². The SMILES string of the molecule is Cc1ccc(NCCN2CCOCC2)cc1Br. The third kappa shape index (κ3) is 3.98. The van der Waals surface area contributed by atoms with Crippen LogP contribution in [0.2, 0.25) is 0 Å². The van der Waals surface area contributed by atoms with Gasteiger partial charge in [-0.15, -0.1) is 0 Å². The van der Waals surface area contributed by atoms with Crippen LogP contribution in [0.5, 0.6) is 0 Å². The highest BCUT2D eigenvalue weighted by Gasteiger charge is 2.09. The average Bonchev–Trinajstić information content (AvgIpc) is 2.35. The Bertz CT molecular complexity index is 364. The Morgan fingerprint density at radius 2 is 2.12 bits per heavy atom. The summed E-state index contributed by atoms with van der Waals surface area (Å²) in [4.78, 5) is 2.43. The number of hydrogen-bond donors (Lipinski definition) is 1. The van der Waals surface area contributed by atoms with E-state index in [2.05, 4.69) is 51.3 Å². The lowest BCUT2D eigenvalue weighted by Crippen LogP contribution is -2.38. The van der Waals surface area contributed by atoms with E-state index < -0.39 is 0 Å². The van der Waals surface area contributed by atoms with E-state index in [0.29, 0.717) is 0 Å². The van der Waals surface area contributed by atoms with Gasteiger partial charge in [-0.3, -0.25) is 4.90 Å². The minimum Gasteiger partial charge on any atom is -0.384 e. The van der Waals surface area contributed by atoms with Crippen LogP contribution in [-0.4, -0.2) is 44.3 Å². The molecule has 0 saturated carbocycles. The minimum atomic E-state index is 0.871. The summed E-state index contributed by atoms with van der Waals surface area (Å²) in [6.45, 7) is 8.01. The lowest BCUT2D eigenvalue weighted by atomic mass is 10.2. The van der Waals surface area contributed by atoms with E-state index in [1.807, 2.05) is 0 Å². The van der Waals surface area contributed by atoms with Crippen molar-refractivity contribution in [2.75, 3.05) is 44.7 Å². The highest BCUT2D eigenvalue weighted by atomic mass is 79.9. The molecule has 1 fully saturated rings. The van der Waals surface area contributed by atoms with Crippen molar-refractivity contribution in [3.63, 3.8) is 0 Å². The molecule has 0 aromatic heterocycles. The van der Waals surface area contributed by atoms with Gasteiger partial charge in [0.05, 0.1) is 13.2 Å². The van der Waals surface area contributed by atoms with Crippen molar-refractivity contribution in [3.05, 3.63) is 28.2 Å². The predicted octanol–water partition coefficient (Wildman–Crippen LogP) is 2.50. The number of halogens is 1. The van der Waals surface area contributed by atoms with Crippen LogP contribution in [0, 0.1) is 6.92 Å². The van der Waals surface area contributed by atoms with Crippen LogP contribution in [-0.2, 0) is 4.74 Å². The number of nitrogens with one attached hydrogen (secondary N) is 1. The molecule has 4 heteroatoms. The summed E-state index contributed by atoms with van der Waals surface area (Å²) in [5, 5.41) is 3.45. The number of nitrogens with zero attached hydrogens (tertiary/aromatic N) is 1. The smallest absolute Gasteiger partial charge is 0.0594 e. The number of hydrogen-bond acceptors (Lipinski definition) is 3. The van der Waals surface area contributed by atoms with Crippen molar-refractivity contribution >= 4 is 21.6 Å². The summed E-state index contributed by atoms with van der Waals surface area (Å²) in [5.74, 6) is 0. The molecule has 1 aliphatic heterocycles. The fourth-order valence-corrected chi connectivity index (χ4v) is 2.26. The standard InChI is InChI=1S/C13H19BrN2O/c1-11-2-3-12(10-13(11)14)15-4-5-16-6-8-17-9-7-16/h2-3,10,15H,4-9H2,1H3. The molecule has 0 spiro atoms. The van der Waals surface area contributed by atoms with Gasteiger partial charge in [-0.2, -0.15) is 0 Å². The minimum absolute atomic E-state index is 0.871. The van der Waals surface area contributed by atoms with Crippen LogP contribution in [0.4, 0.5) is 5.69 Å². The second kappa shape index (κ2) is 6.38. The molecule has 17 heavy (non-hydrogen) atoms. The van der Waals surface area contributed by atoms with Crippen LogP contribution < -0.4 is 5.32 Å². The van der Waals surface area contributed by atoms with E-state index >= 15 is 0 Å². The monoisotopic (exact) mass is 298 g/mol. The van der Waals surface area contributed by atoms with Gasteiger partial charge in [0.15, 0.2) is 0 Å². The number of benzene rings is 1. The van der Waals surface area contributed by atoms with E-state index in [1.165, 1.54) is 11.3 Å². The Hall–Kier alpha value is -0.580. The first-order valence-electron chi connectivity index (χ1n) is 6.06. The first-order chi connectivity index (χ1) is 8.25. The van der Waals surface area contributed by atoms with E-state index in [9.17, 15) is 0 Å². The average molecular weight is 299 g/mol. The zero-order chi connectivity index (χ0) is 12.1. The Kier molecular flexibility index (Phi) is 4.83. The molecular weight excluding hydrogens is 280 g/mol. The highest BCUT2D eigenvalue weighted by Crippen LogP contribution is 2.20. The van der Waals surface area contributed by atoms with E-state index in [4.69, 9.17) is 4.74 Å². The van der Waals surface area contributed by atoms with Crippen LogP contribution in [0.15, 0.2) is 22.7 Å². The maximum atomic E-state index is 5.32. The van der Waals surface area contributed by atoms with E-state index in [1.54, 1.807) is 0 Å². The zero-order valence-electron chi connectivity index (χ0n) is 10.2. The number of rotatable bonds is 4. The zero-order valence-corrected chi connectivity index (χ0v) is 11.8. The summed E-state index contributed by atoms with van der Waals surface area (Å²) < 4.78 is 6.49. The van der Waals surface area contributed by atoms with Gasteiger partial charge in [-0.1, -0.05) is 22.0 Å². The second-order valence-corrected chi connectivity index (χ2v) is 5.20. The first kappa shape index (κ1) is 12.9. The lowest BCUT2D eigenvalue weighted by Gasteiger charge is -2.26. The molecule has 94 valence electrons. The van der Waals surface area contributed by atoms with Crippen LogP contribution in [0.25, 0.3) is 0 Å². The van der Waals surface area contributed by atoms with Gasteiger partial charge in [-0.05, 0) is 24.6 Å². The van der Waals surface area contributed by atoms with Crippen molar-refractivity contribution in [1.82, 2.24) is 4.90 Å². The van der Waals surface area contributed by atoms with Crippen LogP contribution >= 0.6 is 15.9 Å². The number of aryl methyl sites for hydroxylation is 1. The van der Waals surface area contributed by atoms with Gasteiger partial charge in [0, 0.05) is 36.3 Å². The molecule has 0 radical (unpaired) electrons. The molecule has 0 bridgehead atoms. The third-order valence-electron chi connectivity index (χ3n) is 3.03. The topological polar surface area (TPSA) is 24.5 Å². The van der Waals surface area contributed by atoms with Gasteiger partial charge in [0.25, 0.3) is 0 Å². The highest BCUT2D eigenvalue weighted by molar-refractivity contribution is 9.10. The molecule has 0 aliphatic carbocycles. The molecule has 3 nitrogen and oxygen atoms in total. The van der Waals surface area contributed by atoms with Crippen molar-refractivity contribution in [3.8, 4) is 0 Å². The third-order valence-corrected chi connectivity index (χ3v) is 3.89. The van der Waals surface area contributed by atoms with Crippen LogP contribution in [0.3, 0.4) is 0 Å². The molecule has 2 rings (SSSR count). The summed E-state index contributed by atoms with van der Waals surface area (Å²) in [6, 6.07) is 6.38. The normalized spacial score (nSPS) is 17.1. The van der Waals surface area contributed by atoms with Crippen molar-refractivity contribution in [2.45, 2.75) is 6.92 Å². The molecule has 0 unspecified atom stereocenters. The van der Waals surface area contributed by atoms with Gasteiger partial charge >= 0.3 is 0 Å². The quantitative estimate of drug-likeness (QED) is 0.924. The molecule has 0 amide bonds. The summed E-state index contributed by atoms with van der Waals surface area (Å²) >= 11 is 3.55. The fourth-order valence-electron chi connectivity index (χ4n) is 1.89. The molecule has 1 saturated heterocycles. The first-order valence-corrected chi connectivity index (χ1v) is 6.85. The summed E-state index contributed by atoms with van der Waals surface area (Å²) in [6.07, 6.45) is 0. The van der Waals surface area contributed by atoms with E-state index in [-0.39, 0.29) is 0 Å². The molecule has 1 heterocycles. The van der Waals surface area contributed by atoms with Crippen LogP contribution in [0.1, 0.15) is 5.56 Å². The van der Waals surface area contributed by atoms with Gasteiger partial charge in [0.2, 0.25) is 0 Å². The van der Waals surface area contributed by atoms with Gasteiger partial charge in [0.1, 0.15) is 0 Å². The Morgan fingerprint density at radius 1 is 1.35 bits per heavy atom. The van der Waals surface area contributed by atoms with Gasteiger partial charge < -0.3 is 10.1 Å². The largest absolute Gasteiger partial charge is 0.384 e. The Labute approximate surface area is 111 Å². The predicted molar refractivity (Wildman–Crippen MR) is 74.6 cm³/mol. The number of ether oxygens (including phenoxy) is 1. The van der Waals surface area contributed by atoms with Crippen molar-refractivity contribution < 1.29 is 4.74 Å². The maximum Gasteiger partial charge on any atom is 0.0594 e. The van der Waals surface area contributed by atoms with Crippen molar-refractivity contribution in [2.24, 2.45) is 0 Å². The lowest BCUT2D eigenvalue weighted by molar-refractivity contribution is 0.0398. The molecule has 1 aromatic carbocycles. The summed E-state index contributed by atoms with van der Waals surface area (Å²) in [5.41, 5.74) is 2.44. The molecule has 1 aliphatic rings. The Balaban J connectivity index is 1.75. The maximum absolute atomic E-state index is 5.32. The summed E-state index contributed by atoms with van der Waals surface area (Å²) in [7, 11) is 0. The van der Waals surface area contributed by atoms with Crippen molar-refractivity contribution in [1.29, 1.82) is 0 Å². The second-order valence-electron chi connectivity index (χ2n) is 4.34. The molecule has 1 aromatic rings. The molecule has 1 N–H and O–H groups in total. The molecule has 0 atom stereocenters. The van der Waals surface area contributed by atoms with Gasteiger partial charge in [-0.25, -0.2) is 0 Å². The number of anilines is 1. The molecular formula is C13H19BrN2O.